The number of carbonyl (C=O) groups excluding carboxylic acids is 1. The van der Waals surface area contributed by atoms with Crippen LogP contribution in [0.15, 0.2) is 11.8 Å². The summed E-state index contributed by atoms with van der Waals surface area (Å²) in [7, 11) is 0. The molecule has 1 N–H and O–H groups in total. The molecule has 1 fully saturated rings. The number of nitrogens with one attached hydrogen (secondary N) is 1. The molecule has 2 aliphatic heterocycles. The van der Waals surface area contributed by atoms with E-state index in [2.05, 4.69) is 12.2 Å². The molecule has 0 bridgehead atoms. The van der Waals surface area contributed by atoms with Crippen molar-refractivity contribution in [3.63, 3.8) is 0 Å². The van der Waals surface area contributed by atoms with Gasteiger partial charge in [-0.25, -0.2) is 0 Å². The molecule has 0 saturated carbocycles. The Bertz CT molecular complexity index is 260. The molecule has 0 aromatic rings. The van der Waals surface area contributed by atoms with Crippen LogP contribution < -0.4 is 5.32 Å². The Hall–Kier alpha value is -0.830. The van der Waals surface area contributed by atoms with Gasteiger partial charge in [0.1, 0.15) is 0 Å². The number of ketones is 1. The van der Waals surface area contributed by atoms with Crippen molar-refractivity contribution >= 4 is 5.78 Å². The molecule has 2 heterocycles. The lowest BCUT2D eigenvalue weighted by atomic mass is 9.92. The maximum Gasteiger partial charge on any atom is 0.201 e. The van der Waals surface area contributed by atoms with Gasteiger partial charge in [0.15, 0.2) is 5.76 Å². The van der Waals surface area contributed by atoms with Crippen molar-refractivity contribution in [2.24, 2.45) is 11.8 Å². The Labute approximate surface area is 84.5 Å². The van der Waals surface area contributed by atoms with E-state index in [1.165, 1.54) is 0 Å². The molecule has 0 aliphatic carbocycles. The summed E-state index contributed by atoms with van der Waals surface area (Å²) in [6, 6.07) is 0. The van der Waals surface area contributed by atoms with E-state index < -0.39 is 0 Å². The van der Waals surface area contributed by atoms with E-state index in [4.69, 9.17) is 4.74 Å². The molecular weight excluding hydrogens is 178 g/mol. The minimum Gasteiger partial charge on any atom is -0.490 e. The number of hydrogen-bond acceptors (Lipinski definition) is 3. The lowest BCUT2D eigenvalue weighted by Crippen LogP contribution is -2.25. The number of allylic oxidation sites excluding steroid dienone is 2. The quantitative estimate of drug-likeness (QED) is 0.717. The number of Topliss-reactive ketones (excluding diaryl/α,β-unsaturated/α-hetero) is 1. The molecule has 78 valence electrons. The first-order chi connectivity index (χ1) is 6.79. The highest BCUT2D eigenvalue weighted by Gasteiger charge is 2.32. The second kappa shape index (κ2) is 4.13. The summed E-state index contributed by atoms with van der Waals surface area (Å²) in [6.45, 7) is 4.57. The summed E-state index contributed by atoms with van der Waals surface area (Å²) in [5.41, 5.74) is 0. The number of hydrogen-bond donors (Lipinski definition) is 1. The highest BCUT2D eigenvalue weighted by Crippen LogP contribution is 2.22. The first-order valence-corrected chi connectivity index (χ1v) is 5.37. The summed E-state index contributed by atoms with van der Waals surface area (Å²) < 4.78 is 5.38. The lowest BCUT2D eigenvalue weighted by Gasteiger charge is -2.18. The van der Waals surface area contributed by atoms with Crippen LogP contribution in [0.4, 0.5) is 0 Å². The van der Waals surface area contributed by atoms with E-state index in [0.717, 1.165) is 25.9 Å². The molecule has 2 rings (SSSR count). The summed E-state index contributed by atoms with van der Waals surface area (Å²) in [5.74, 6) is 1.37. The third-order valence-electron chi connectivity index (χ3n) is 3.03. The predicted octanol–water partition coefficient (Wildman–Crippen LogP) is 1.11. The van der Waals surface area contributed by atoms with E-state index in [0.29, 0.717) is 18.3 Å². The topological polar surface area (TPSA) is 38.3 Å². The summed E-state index contributed by atoms with van der Waals surface area (Å²) in [4.78, 5) is 12.0. The normalized spacial score (nSPS) is 32.2. The maximum atomic E-state index is 12.0. The van der Waals surface area contributed by atoms with Gasteiger partial charge in [-0.05, 0) is 31.4 Å². The number of ether oxygens (including phenoxy) is 1. The first kappa shape index (κ1) is 9.71. The van der Waals surface area contributed by atoms with E-state index >= 15 is 0 Å². The molecule has 0 spiro atoms. The average Bonchev–Trinajstić information content (AvgIpc) is 2.65. The van der Waals surface area contributed by atoms with Crippen molar-refractivity contribution in [3.05, 3.63) is 11.8 Å². The van der Waals surface area contributed by atoms with Gasteiger partial charge in [-0.2, -0.15) is 0 Å². The van der Waals surface area contributed by atoms with Crippen LogP contribution in [-0.4, -0.2) is 25.5 Å². The molecule has 0 aromatic carbocycles. The van der Waals surface area contributed by atoms with Gasteiger partial charge in [0, 0.05) is 12.5 Å². The van der Waals surface area contributed by atoms with Crippen LogP contribution in [0.2, 0.25) is 0 Å². The van der Waals surface area contributed by atoms with E-state index in [9.17, 15) is 4.79 Å². The molecule has 0 aromatic heterocycles. The molecular formula is C11H17NO2. The fourth-order valence-electron chi connectivity index (χ4n) is 2.07. The zero-order valence-electron chi connectivity index (χ0n) is 8.58. The standard InChI is InChI=1S/C11H17NO2/c1-8-6-12-7-9(8)11(13)10-4-2-3-5-14-10/h4,8-9,12H,2-3,5-7H2,1H3. The van der Waals surface area contributed by atoms with Crippen LogP contribution in [0.25, 0.3) is 0 Å². The SMILES string of the molecule is CC1CNCC1C(=O)C1=CCCCO1. The fourth-order valence-corrected chi connectivity index (χ4v) is 2.07. The van der Waals surface area contributed by atoms with Crippen LogP contribution in [-0.2, 0) is 9.53 Å². The van der Waals surface area contributed by atoms with Crippen LogP contribution in [0.3, 0.4) is 0 Å². The summed E-state index contributed by atoms with van der Waals surface area (Å²) >= 11 is 0. The van der Waals surface area contributed by atoms with Gasteiger partial charge in [0.2, 0.25) is 5.78 Å². The zero-order valence-corrected chi connectivity index (χ0v) is 8.58. The highest BCUT2D eigenvalue weighted by atomic mass is 16.5. The van der Waals surface area contributed by atoms with Gasteiger partial charge >= 0.3 is 0 Å². The molecule has 0 amide bonds. The molecule has 3 nitrogen and oxygen atoms in total. The van der Waals surface area contributed by atoms with Crippen molar-refractivity contribution < 1.29 is 9.53 Å². The average molecular weight is 195 g/mol. The zero-order chi connectivity index (χ0) is 9.97. The largest absolute Gasteiger partial charge is 0.490 e. The third-order valence-corrected chi connectivity index (χ3v) is 3.03. The predicted molar refractivity (Wildman–Crippen MR) is 53.8 cm³/mol. The second-order valence-corrected chi connectivity index (χ2v) is 4.17. The van der Waals surface area contributed by atoms with Gasteiger partial charge in [0.25, 0.3) is 0 Å². The molecule has 0 radical (unpaired) electrons. The van der Waals surface area contributed by atoms with Crippen molar-refractivity contribution in [2.45, 2.75) is 19.8 Å². The molecule has 2 atom stereocenters. The lowest BCUT2D eigenvalue weighted by molar-refractivity contribution is -0.123. The minimum absolute atomic E-state index is 0.124. The molecule has 2 aliphatic rings. The molecule has 3 heteroatoms. The van der Waals surface area contributed by atoms with Crippen LogP contribution in [0.1, 0.15) is 19.8 Å². The first-order valence-electron chi connectivity index (χ1n) is 5.37. The molecule has 1 saturated heterocycles. The van der Waals surface area contributed by atoms with Crippen molar-refractivity contribution in [1.29, 1.82) is 0 Å². The van der Waals surface area contributed by atoms with E-state index in [1.54, 1.807) is 0 Å². The summed E-state index contributed by atoms with van der Waals surface area (Å²) in [5, 5.41) is 3.24. The number of rotatable bonds is 2. The molecule has 14 heavy (non-hydrogen) atoms. The van der Waals surface area contributed by atoms with Crippen LogP contribution >= 0.6 is 0 Å². The number of carbonyl (C=O) groups is 1. The van der Waals surface area contributed by atoms with Gasteiger partial charge < -0.3 is 10.1 Å². The van der Waals surface area contributed by atoms with Crippen molar-refractivity contribution in [3.8, 4) is 0 Å². The van der Waals surface area contributed by atoms with Gasteiger partial charge in [-0.15, -0.1) is 0 Å². The Morgan fingerprint density at radius 2 is 2.43 bits per heavy atom. The second-order valence-electron chi connectivity index (χ2n) is 4.17. The maximum absolute atomic E-state index is 12.0. The Kier molecular flexibility index (Phi) is 2.87. The van der Waals surface area contributed by atoms with Crippen molar-refractivity contribution in [2.75, 3.05) is 19.7 Å². The van der Waals surface area contributed by atoms with Gasteiger partial charge in [-0.1, -0.05) is 6.92 Å². The van der Waals surface area contributed by atoms with Crippen molar-refractivity contribution in [1.82, 2.24) is 5.32 Å². The Morgan fingerprint density at radius 1 is 1.57 bits per heavy atom. The fraction of sp³-hybridized carbons (Fsp3) is 0.727. The third kappa shape index (κ3) is 1.82. The van der Waals surface area contributed by atoms with E-state index in [-0.39, 0.29) is 11.7 Å². The van der Waals surface area contributed by atoms with E-state index in [1.807, 2.05) is 6.08 Å². The molecule has 2 unspecified atom stereocenters. The minimum atomic E-state index is 0.124. The highest BCUT2D eigenvalue weighted by molar-refractivity contribution is 5.96. The van der Waals surface area contributed by atoms with Gasteiger partial charge in [-0.3, -0.25) is 4.79 Å². The Morgan fingerprint density at radius 3 is 3.00 bits per heavy atom. The summed E-state index contributed by atoms with van der Waals surface area (Å²) in [6.07, 6.45) is 3.96. The Balaban J connectivity index is 2.03. The van der Waals surface area contributed by atoms with Crippen LogP contribution in [0.5, 0.6) is 0 Å². The van der Waals surface area contributed by atoms with Gasteiger partial charge in [0.05, 0.1) is 6.61 Å². The monoisotopic (exact) mass is 195 g/mol. The smallest absolute Gasteiger partial charge is 0.201 e. The van der Waals surface area contributed by atoms with Crippen LogP contribution in [0, 0.1) is 11.8 Å².